The van der Waals surface area contributed by atoms with Crippen molar-refractivity contribution in [2.24, 2.45) is 0 Å². The maximum atomic E-state index is 15.2. The SMILES string of the molecule is COc1cc(CCC(=O)N2CC[C@@H]3Oc4ccc(c(OC)c4)CNC(=O)COc4cccc(c4)-c4ccc(F)c(c4)C(=O)N[C@@H]3C2)ccc1O. The van der Waals surface area contributed by atoms with Crippen LogP contribution in [0.2, 0.25) is 0 Å². The molecule has 3 aliphatic rings. The summed E-state index contributed by atoms with van der Waals surface area (Å²) in [5, 5.41) is 15.7. The number of carbonyl (C=O) groups excluding carboxylic acids is 3. The Bertz CT molecular complexity index is 1900. The maximum Gasteiger partial charge on any atom is 0.258 e. The lowest BCUT2D eigenvalue weighted by Gasteiger charge is -2.39. The van der Waals surface area contributed by atoms with Gasteiger partial charge in [-0.15, -0.1) is 0 Å². The van der Waals surface area contributed by atoms with Crippen molar-refractivity contribution >= 4 is 17.7 Å². The number of aryl methyl sites for hydroxylation is 1. The Kier molecular flexibility index (Phi) is 10.4. The number of nitrogens with one attached hydrogen (secondary N) is 2. The number of amides is 3. The number of hydrogen-bond acceptors (Lipinski definition) is 8. The van der Waals surface area contributed by atoms with Crippen LogP contribution in [-0.2, 0) is 22.6 Å². The third-order valence-electron chi connectivity index (χ3n) is 8.86. The van der Waals surface area contributed by atoms with Crippen molar-refractivity contribution in [3.05, 3.63) is 101 Å². The van der Waals surface area contributed by atoms with Crippen molar-refractivity contribution in [3.8, 4) is 39.9 Å². The fraction of sp³-hybridized carbons (Fsp3) is 0.289. The van der Waals surface area contributed by atoms with E-state index >= 15 is 4.39 Å². The molecule has 4 aromatic rings. The van der Waals surface area contributed by atoms with Gasteiger partial charge in [0.25, 0.3) is 11.8 Å². The molecule has 11 nitrogen and oxygen atoms in total. The number of fused-ring (bicyclic) bond motifs is 7. The van der Waals surface area contributed by atoms with Crippen LogP contribution in [0, 0.1) is 5.82 Å². The molecule has 3 aliphatic heterocycles. The first-order chi connectivity index (χ1) is 24.2. The number of nitrogens with zero attached hydrogens (tertiary/aromatic N) is 1. The van der Waals surface area contributed by atoms with Crippen molar-refractivity contribution in [1.82, 2.24) is 15.5 Å². The van der Waals surface area contributed by atoms with Crippen LogP contribution in [0.4, 0.5) is 4.39 Å². The number of hydrogen-bond donors (Lipinski definition) is 3. The largest absolute Gasteiger partial charge is 0.504 e. The molecule has 0 aromatic heterocycles. The van der Waals surface area contributed by atoms with E-state index in [1.165, 1.54) is 32.4 Å². The standard InChI is InChI=1S/C38H38FN3O8/c1-47-34-19-28-10-8-26(34)20-40-36(44)22-49-27-5-3-4-24(17-27)25-9-11-30(39)29(18-25)38(46)41-31-21-42(15-14-33(31)50-28)37(45)13-7-23-6-12-32(43)35(16-23)48-2/h3-6,8-12,16-19,31,33,43H,7,13-15,20-22H2,1-2H3,(H,40,44)(H,41,46)/t31-,33+/m1/s1. The minimum absolute atomic E-state index is 0.0148. The summed E-state index contributed by atoms with van der Waals surface area (Å²) in [6, 6.07) is 20.7. The van der Waals surface area contributed by atoms with Crippen LogP contribution in [0.3, 0.4) is 0 Å². The summed E-state index contributed by atoms with van der Waals surface area (Å²) in [5.41, 5.74) is 2.61. The van der Waals surface area contributed by atoms with Crippen molar-refractivity contribution in [2.75, 3.05) is 33.9 Å². The number of ether oxygens (including phenoxy) is 4. The molecular weight excluding hydrogens is 645 g/mol. The smallest absolute Gasteiger partial charge is 0.258 e. The molecule has 12 heteroatoms. The molecule has 1 fully saturated rings. The summed E-state index contributed by atoms with van der Waals surface area (Å²) >= 11 is 0. The molecule has 0 aliphatic carbocycles. The lowest BCUT2D eigenvalue weighted by Crippen LogP contribution is -2.58. The van der Waals surface area contributed by atoms with Crippen molar-refractivity contribution in [1.29, 1.82) is 0 Å². The van der Waals surface area contributed by atoms with Gasteiger partial charge >= 0.3 is 0 Å². The topological polar surface area (TPSA) is 136 Å². The van der Waals surface area contributed by atoms with E-state index in [-0.39, 0.29) is 49.2 Å². The molecule has 6 bridgehead atoms. The van der Waals surface area contributed by atoms with Crippen LogP contribution in [0.1, 0.15) is 34.3 Å². The van der Waals surface area contributed by atoms with Crippen LogP contribution >= 0.6 is 0 Å². The Balaban J connectivity index is 1.28. The molecule has 260 valence electrons. The highest BCUT2D eigenvalue weighted by Crippen LogP contribution is 2.30. The molecule has 1 saturated heterocycles. The summed E-state index contributed by atoms with van der Waals surface area (Å²) in [6.07, 6.45) is 0.429. The fourth-order valence-electron chi connectivity index (χ4n) is 6.13. The van der Waals surface area contributed by atoms with Crippen LogP contribution in [-0.4, -0.2) is 73.8 Å². The molecule has 3 N–H and O–H groups in total. The average Bonchev–Trinajstić information content (AvgIpc) is 3.13. The van der Waals surface area contributed by atoms with Crippen LogP contribution in [0.15, 0.2) is 78.9 Å². The van der Waals surface area contributed by atoms with Crippen molar-refractivity contribution in [3.63, 3.8) is 0 Å². The number of phenolic OH excluding ortho intramolecular Hbond substituents is 1. The number of aromatic hydroxyl groups is 1. The summed E-state index contributed by atoms with van der Waals surface area (Å²) in [6.45, 7) is 0.479. The summed E-state index contributed by atoms with van der Waals surface area (Å²) in [4.78, 5) is 41.5. The Morgan fingerprint density at radius 1 is 0.960 bits per heavy atom. The Hall–Kier alpha value is -5.78. The summed E-state index contributed by atoms with van der Waals surface area (Å²) in [7, 11) is 2.98. The number of likely N-dealkylation sites (tertiary alicyclic amines) is 1. The van der Waals surface area contributed by atoms with E-state index in [1.807, 2.05) is 0 Å². The molecule has 0 spiro atoms. The zero-order valence-electron chi connectivity index (χ0n) is 27.7. The fourth-order valence-corrected chi connectivity index (χ4v) is 6.13. The number of rotatable bonds is 5. The van der Waals surface area contributed by atoms with Gasteiger partial charge in [-0.3, -0.25) is 14.4 Å². The second-order valence-electron chi connectivity index (χ2n) is 12.1. The van der Waals surface area contributed by atoms with E-state index in [0.717, 1.165) is 11.1 Å². The molecule has 3 amide bonds. The van der Waals surface area contributed by atoms with Crippen molar-refractivity contribution in [2.45, 2.75) is 38.0 Å². The maximum absolute atomic E-state index is 15.2. The van der Waals surface area contributed by atoms with E-state index < -0.39 is 23.9 Å². The zero-order valence-corrected chi connectivity index (χ0v) is 27.7. The molecule has 0 saturated carbocycles. The second-order valence-corrected chi connectivity index (χ2v) is 12.1. The van der Waals surface area contributed by atoms with E-state index in [9.17, 15) is 19.5 Å². The molecular formula is C38H38FN3O8. The van der Waals surface area contributed by atoms with Gasteiger partial charge in [0.2, 0.25) is 5.91 Å². The molecule has 7 rings (SSSR count). The minimum atomic E-state index is -0.705. The van der Waals surface area contributed by atoms with E-state index in [4.69, 9.17) is 18.9 Å². The number of halogens is 1. The van der Waals surface area contributed by atoms with Gasteiger partial charge < -0.3 is 39.6 Å². The summed E-state index contributed by atoms with van der Waals surface area (Å²) < 4.78 is 38.1. The van der Waals surface area contributed by atoms with Gasteiger partial charge in [-0.2, -0.15) is 0 Å². The van der Waals surface area contributed by atoms with Crippen LogP contribution in [0.5, 0.6) is 28.7 Å². The van der Waals surface area contributed by atoms with Gasteiger partial charge in [0, 0.05) is 44.1 Å². The van der Waals surface area contributed by atoms with Gasteiger partial charge in [0.05, 0.1) is 25.8 Å². The third kappa shape index (κ3) is 7.91. The highest BCUT2D eigenvalue weighted by Gasteiger charge is 2.35. The van der Waals surface area contributed by atoms with E-state index in [2.05, 4.69) is 10.6 Å². The normalized spacial score (nSPS) is 17.7. The quantitative estimate of drug-likeness (QED) is 0.277. The number of piperidine rings is 1. The average molecular weight is 684 g/mol. The molecule has 4 aromatic carbocycles. The van der Waals surface area contributed by atoms with Crippen molar-refractivity contribution < 1.29 is 42.8 Å². The summed E-state index contributed by atoms with van der Waals surface area (Å²) in [5.74, 6) is -0.0922. The van der Waals surface area contributed by atoms with E-state index in [1.54, 1.807) is 65.6 Å². The van der Waals surface area contributed by atoms with Gasteiger partial charge in [-0.1, -0.05) is 24.3 Å². The predicted molar refractivity (Wildman–Crippen MR) is 182 cm³/mol. The zero-order chi connectivity index (χ0) is 35.2. The molecule has 0 unspecified atom stereocenters. The Morgan fingerprint density at radius 3 is 2.60 bits per heavy atom. The first kappa shape index (κ1) is 34.1. The Labute approximate surface area is 288 Å². The highest BCUT2D eigenvalue weighted by molar-refractivity contribution is 5.96. The van der Waals surface area contributed by atoms with Crippen LogP contribution in [0.25, 0.3) is 11.1 Å². The van der Waals surface area contributed by atoms with Gasteiger partial charge in [0.15, 0.2) is 18.1 Å². The number of phenols is 1. The molecule has 3 heterocycles. The first-order valence-corrected chi connectivity index (χ1v) is 16.3. The monoisotopic (exact) mass is 683 g/mol. The van der Waals surface area contributed by atoms with Gasteiger partial charge in [-0.05, 0) is 71.6 Å². The molecule has 50 heavy (non-hydrogen) atoms. The predicted octanol–water partition coefficient (Wildman–Crippen LogP) is 4.64. The third-order valence-corrected chi connectivity index (χ3v) is 8.86. The Morgan fingerprint density at radius 2 is 1.78 bits per heavy atom. The number of methoxy groups -OCH3 is 2. The highest BCUT2D eigenvalue weighted by atomic mass is 19.1. The van der Waals surface area contributed by atoms with Crippen LogP contribution < -0.4 is 29.6 Å². The molecule has 2 atom stereocenters. The lowest BCUT2D eigenvalue weighted by molar-refractivity contribution is -0.133. The minimum Gasteiger partial charge on any atom is -0.504 e. The van der Waals surface area contributed by atoms with E-state index in [0.29, 0.717) is 53.5 Å². The van der Waals surface area contributed by atoms with Gasteiger partial charge in [-0.25, -0.2) is 4.39 Å². The number of carbonyl (C=O) groups is 3. The number of benzene rings is 4. The van der Waals surface area contributed by atoms with Gasteiger partial charge in [0.1, 0.15) is 29.2 Å². The second kappa shape index (κ2) is 15.2. The first-order valence-electron chi connectivity index (χ1n) is 16.3. The lowest BCUT2D eigenvalue weighted by atomic mass is 9.98. The molecule has 0 radical (unpaired) electrons.